The number of carbonyl (C=O) groups is 1. The first-order chi connectivity index (χ1) is 13.8. The lowest BCUT2D eigenvalue weighted by Gasteiger charge is -2.13. The summed E-state index contributed by atoms with van der Waals surface area (Å²) in [5.41, 5.74) is 2.14. The van der Waals surface area contributed by atoms with Gasteiger partial charge in [0.25, 0.3) is 0 Å². The highest BCUT2D eigenvalue weighted by molar-refractivity contribution is 7.89. The Kier molecular flexibility index (Phi) is 4.87. The number of amides is 1. The second-order valence-electron chi connectivity index (χ2n) is 7.15. The van der Waals surface area contributed by atoms with Gasteiger partial charge < -0.3 is 14.3 Å². The van der Waals surface area contributed by atoms with E-state index in [0.717, 1.165) is 22.7 Å². The van der Waals surface area contributed by atoms with Crippen molar-refractivity contribution >= 4 is 37.7 Å². The zero-order valence-electron chi connectivity index (χ0n) is 16.1. The van der Waals surface area contributed by atoms with Crippen LogP contribution in [0.5, 0.6) is 0 Å². The minimum absolute atomic E-state index is 0.0318. The van der Waals surface area contributed by atoms with E-state index in [0.29, 0.717) is 17.1 Å². The Balaban J connectivity index is 1.57. The van der Waals surface area contributed by atoms with Crippen molar-refractivity contribution in [2.24, 2.45) is 0 Å². The third-order valence-electron chi connectivity index (χ3n) is 4.68. The summed E-state index contributed by atoms with van der Waals surface area (Å²) in [6, 6.07) is 16.5. The summed E-state index contributed by atoms with van der Waals surface area (Å²) in [7, 11) is -3.29. The van der Waals surface area contributed by atoms with Gasteiger partial charge >= 0.3 is 0 Å². The molecule has 1 atom stereocenters. The molecule has 0 spiro atoms. The van der Waals surface area contributed by atoms with Gasteiger partial charge in [0.15, 0.2) is 9.84 Å². The zero-order chi connectivity index (χ0) is 20.6. The number of fused-ring (bicyclic) bond motifs is 2. The van der Waals surface area contributed by atoms with Crippen LogP contribution >= 0.6 is 0 Å². The fraction of sp³-hybridized carbons (Fsp3) is 0.238. The number of benzene rings is 2. The highest BCUT2D eigenvalue weighted by Gasteiger charge is 2.19. The maximum Gasteiger partial charge on any atom is 0.240 e. The molecule has 4 rings (SSSR count). The molecule has 2 aromatic heterocycles. The molecule has 0 aliphatic heterocycles. The maximum absolute atomic E-state index is 12.7. The molecule has 150 valence electrons. The molecule has 7 nitrogen and oxygen atoms in total. The van der Waals surface area contributed by atoms with Crippen LogP contribution in [0, 0.1) is 0 Å². The Bertz CT molecular complexity index is 1270. The van der Waals surface area contributed by atoms with Crippen LogP contribution in [-0.2, 0) is 26.9 Å². The lowest BCUT2D eigenvalue weighted by atomic mass is 10.2. The molecule has 2 heterocycles. The van der Waals surface area contributed by atoms with E-state index in [1.165, 1.54) is 0 Å². The highest BCUT2D eigenvalue weighted by atomic mass is 32.2. The summed E-state index contributed by atoms with van der Waals surface area (Å²) in [5.74, 6) is 0.524. The van der Waals surface area contributed by atoms with E-state index in [1.54, 1.807) is 10.6 Å². The van der Waals surface area contributed by atoms with Crippen molar-refractivity contribution in [1.29, 1.82) is 0 Å². The predicted octanol–water partition coefficient (Wildman–Crippen LogP) is 3.20. The molecule has 4 aromatic rings. The number of hydrogen-bond acceptors (Lipinski definition) is 5. The van der Waals surface area contributed by atoms with Gasteiger partial charge in [0, 0.05) is 11.6 Å². The van der Waals surface area contributed by atoms with Crippen LogP contribution in [0.4, 0.5) is 0 Å². The van der Waals surface area contributed by atoms with Crippen molar-refractivity contribution in [3.8, 4) is 0 Å². The molecule has 1 unspecified atom stereocenters. The summed E-state index contributed by atoms with van der Waals surface area (Å²) < 4.78 is 31.1. The largest absolute Gasteiger partial charge is 0.459 e. The van der Waals surface area contributed by atoms with Crippen LogP contribution in [0.2, 0.25) is 0 Å². The zero-order valence-corrected chi connectivity index (χ0v) is 16.9. The fourth-order valence-electron chi connectivity index (χ4n) is 3.36. The number of furan rings is 1. The second-order valence-corrected chi connectivity index (χ2v) is 9.29. The topological polar surface area (TPSA) is 94.2 Å². The normalized spacial score (nSPS) is 13.0. The van der Waals surface area contributed by atoms with Gasteiger partial charge in [-0.3, -0.25) is 4.79 Å². The van der Waals surface area contributed by atoms with Crippen molar-refractivity contribution in [2.75, 3.05) is 6.26 Å². The Morgan fingerprint density at radius 1 is 1.17 bits per heavy atom. The number of rotatable bonds is 6. The van der Waals surface area contributed by atoms with Crippen LogP contribution in [0.15, 0.2) is 59.0 Å². The summed E-state index contributed by atoms with van der Waals surface area (Å²) in [6.45, 7) is 1.81. The SMILES string of the molecule is CC(NC(=O)Cn1c(CS(C)(=O)=O)nc2ccccc21)c1cc2ccccc2o1. The highest BCUT2D eigenvalue weighted by Crippen LogP contribution is 2.24. The van der Waals surface area contributed by atoms with Crippen molar-refractivity contribution in [2.45, 2.75) is 25.3 Å². The number of carbonyl (C=O) groups excluding carboxylic acids is 1. The van der Waals surface area contributed by atoms with E-state index in [-0.39, 0.29) is 24.2 Å². The Morgan fingerprint density at radius 2 is 1.90 bits per heavy atom. The van der Waals surface area contributed by atoms with Gasteiger partial charge in [-0.1, -0.05) is 30.3 Å². The van der Waals surface area contributed by atoms with E-state index in [4.69, 9.17) is 4.42 Å². The van der Waals surface area contributed by atoms with Crippen LogP contribution < -0.4 is 5.32 Å². The number of hydrogen-bond donors (Lipinski definition) is 1. The van der Waals surface area contributed by atoms with Gasteiger partial charge in [0.05, 0.1) is 17.1 Å². The minimum Gasteiger partial charge on any atom is -0.459 e. The third kappa shape index (κ3) is 4.17. The fourth-order valence-corrected chi connectivity index (χ4v) is 4.05. The average Bonchev–Trinajstić information content (AvgIpc) is 3.22. The summed E-state index contributed by atoms with van der Waals surface area (Å²) in [6.07, 6.45) is 1.15. The monoisotopic (exact) mass is 411 g/mol. The van der Waals surface area contributed by atoms with E-state index < -0.39 is 9.84 Å². The van der Waals surface area contributed by atoms with Crippen molar-refractivity contribution in [1.82, 2.24) is 14.9 Å². The lowest BCUT2D eigenvalue weighted by Crippen LogP contribution is -2.30. The van der Waals surface area contributed by atoms with Gasteiger partial charge in [-0.05, 0) is 31.2 Å². The van der Waals surface area contributed by atoms with Crippen LogP contribution in [0.25, 0.3) is 22.0 Å². The van der Waals surface area contributed by atoms with Gasteiger partial charge in [-0.2, -0.15) is 0 Å². The number of nitrogens with zero attached hydrogens (tertiary/aromatic N) is 2. The first-order valence-electron chi connectivity index (χ1n) is 9.20. The molecular formula is C21H21N3O4S. The molecular weight excluding hydrogens is 390 g/mol. The average molecular weight is 411 g/mol. The Hall–Kier alpha value is -3.13. The van der Waals surface area contributed by atoms with Crippen LogP contribution in [-0.4, -0.2) is 30.1 Å². The molecule has 2 aromatic carbocycles. The molecule has 0 fully saturated rings. The van der Waals surface area contributed by atoms with Gasteiger partial charge in [-0.15, -0.1) is 0 Å². The lowest BCUT2D eigenvalue weighted by molar-refractivity contribution is -0.122. The second kappa shape index (κ2) is 7.36. The molecule has 0 radical (unpaired) electrons. The number of aromatic nitrogens is 2. The van der Waals surface area contributed by atoms with E-state index in [2.05, 4.69) is 10.3 Å². The van der Waals surface area contributed by atoms with Crippen molar-refractivity contribution in [3.05, 3.63) is 66.2 Å². The van der Waals surface area contributed by atoms with E-state index in [1.807, 2.05) is 55.5 Å². The summed E-state index contributed by atoms with van der Waals surface area (Å²) >= 11 is 0. The third-order valence-corrected chi connectivity index (χ3v) is 5.46. The number of imidazole rings is 1. The van der Waals surface area contributed by atoms with Gasteiger partial charge in [-0.25, -0.2) is 13.4 Å². The first kappa shape index (κ1) is 19.2. The van der Waals surface area contributed by atoms with Crippen molar-refractivity contribution < 1.29 is 17.6 Å². The van der Waals surface area contributed by atoms with E-state index >= 15 is 0 Å². The predicted molar refractivity (Wildman–Crippen MR) is 111 cm³/mol. The van der Waals surface area contributed by atoms with Gasteiger partial charge in [0.2, 0.25) is 5.91 Å². The van der Waals surface area contributed by atoms with Crippen molar-refractivity contribution in [3.63, 3.8) is 0 Å². The number of sulfone groups is 1. The molecule has 0 bridgehead atoms. The molecule has 8 heteroatoms. The minimum atomic E-state index is -3.29. The summed E-state index contributed by atoms with van der Waals surface area (Å²) in [4.78, 5) is 17.1. The van der Waals surface area contributed by atoms with Gasteiger partial charge in [0.1, 0.15) is 29.5 Å². The molecule has 0 aliphatic rings. The maximum atomic E-state index is 12.7. The first-order valence-corrected chi connectivity index (χ1v) is 11.3. The molecule has 0 aliphatic carbocycles. The molecule has 1 amide bonds. The quantitative estimate of drug-likeness (QED) is 0.526. The smallest absolute Gasteiger partial charge is 0.240 e. The van der Waals surface area contributed by atoms with Crippen LogP contribution in [0.1, 0.15) is 24.6 Å². The number of nitrogens with one attached hydrogen (secondary N) is 1. The summed E-state index contributed by atoms with van der Waals surface area (Å²) in [5, 5.41) is 3.89. The molecule has 1 N–H and O–H groups in total. The van der Waals surface area contributed by atoms with E-state index in [9.17, 15) is 13.2 Å². The molecule has 29 heavy (non-hydrogen) atoms. The van der Waals surface area contributed by atoms with Crippen LogP contribution in [0.3, 0.4) is 0 Å². The molecule has 0 saturated carbocycles. The number of para-hydroxylation sites is 3. The molecule has 0 saturated heterocycles. The standard InChI is InChI=1S/C21H21N3O4S/c1-14(19-11-15-7-3-6-10-18(15)28-19)22-21(25)12-24-17-9-5-4-8-16(17)23-20(24)13-29(2,26)27/h3-11,14H,12-13H2,1-2H3,(H,22,25). The Morgan fingerprint density at radius 3 is 2.66 bits per heavy atom. The Labute approximate surface area is 168 Å².